The van der Waals surface area contributed by atoms with Gasteiger partial charge < -0.3 is 25.6 Å². The quantitative estimate of drug-likeness (QED) is 0.0759. The summed E-state index contributed by atoms with van der Waals surface area (Å²) in [6, 6.07) is 38.5. The van der Waals surface area contributed by atoms with Crippen molar-refractivity contribution in [3.05, 3.63) is 188 Å². The van der Waals surface area contributed by atoms with Gasteiger partial charge in [-0.15, -0.1) is 11.4 Å². The van der Waals surface area contributed by atoms with Crippen LogP contribution in [0.4, 0.5) is 22.7 Å². The molecule has 0 saturated carbocycles. The van der Waals surface area contributed by atoms with Crippen molar-refractivity contribution in [2.75, 3.05) is 26.4 Å². The van der Waals surface area contributed by atoms with Crippen LogP contribution in [0.15, 0.2) is 133 Å². The van der Waals surface area contributed by atoms with Gasteiger partial charge in [0.15, 0.2) is 11.4 Å². The summed E-state index contributed by atoms with van der Waals surface area (Å²) < 4.78 is 9.89. The van der Waals surface area contributed by atoms with E-state index in [2.05, 4.69) is 233 Å². The zero-order valence-corrected chi connectivity index (χ0v) is 57.2. The van der Waals surface area contributed by atoms with Crippen molar-refractivity contribution in [3.63, 3.8) is 0 Å². The summed E-state index contributed by atoms with van der Waals surface area (Å²) in [5.41, 5.74) is 19.8. The molecular weight excluding hydrogens is 1020 g/mol. The van der Waals surface area contributed by atoms with Gasteiger partial charge in [0.1, 0.15) is 0 Å². The molecule has 9 heteroatoms. The minimum atomic E-state index is 0. The summed E-state index contributed by atoms with van der Waals surface area (Å²) in [7, 11) is 0. The molecule has 0 bridgehead atoms. The van der Waals surface area contributed by atoms with Crippen molar-refractivity contribution >= 4 is 80.3 Å². The molecule has 0 radical (unpaired) electrons. The van der Waals surface area contributed by atoms with Gasteiger partial charge in [0.25, 0.3) is 0 Å². The van der Waals surface area contributed by atoms with Gasteiger partial charge in [0.2, 0.25) is 11.4 Å². The van der Waals surface area contributed by atoms with Crippen LogP contribution in [0.3, 0.4) is 0 Å². The number of hydrogen-bond donors (Lipinski definition) is 2. The van der Waals surface area contributed by atoms with Gasteiger partial charge in [0.05, 0.1) is 0 Å². The van der Waals surface area contributed by atoms with Crippen molar-refractivity contribution in [1.29, 1.82) is 0 Å². The molecule has 434 valence electrons. The number of para-hydroxylation sites is 4. The molecule has 81 heavy (non-hydrogen) atoms. The largest absolute Gasteiger partial charge is 2.00 e. The van der Waals surface area contributed by atoms with Gasteiger partial charge in [-0.3, -0.25) is 0 Å². The van der Waals surface area contributed by atoms with E-state index in [-0.39, 0.29) is 51.6 Å². The van der Waals surface area contributed by atoms with Crippen molar-refractivity contribution in [3.8, 4) is 0 Å². The van der Waals surface area contributed by atoms with Crippen LogP contribution in [0.1, 0.15) is 256 Å². The topological polar surface area (TPSA) is 103 Å². The van der Waals surface area contributed by atoms with Crippen LogP contribution >= 0.6 is 0 Å². The maximum Gasteiger partial charge on any atom is 2.00 e. The molecule has 0 spiro atoms. The van der Waals surface area contributed by atoms with Crippen molar-refractivity contribution in [2.45, 2.75) is 212 Å². The molecule has 5 aromatic rings. The van der Waals surface area contributed by atoms with Gasteiger partial charge in [-0.25, -0.2) is 9.98 Å². The second kappa shape index (κ2) is 41.0. The first-order valence-corrected chi connectivity index (χ1v) is 29.7. The van der Waals surface area contributed by atoms with E-state index >= 15 is 0 Å². The van der Waals surface area contributed by atoms with Crippen LogP contribution in [0.25, 0.3) is 10.6 Å². The predicted octanol–water partition coefficient (Wildman–Crippen LogP) is 18.3. The Morgan fingerprint density at radius 1 is 0.346 bits per heavy atom. The van der Waals surface area contributed by atoms with E-state index < -0.39 is 0 Å². The predicted molar refractivity (Wildman–Crippen MR) is 353 cm³/mol. The van der Waals surface area contributed by atoms with E-state index in [9.17, 15) is 0 Å². The summed E-state index contributed by atoms with van der Waals surface area (Å²) >= 11 is 0. The molecule has 7 nitrogen and oxygen atoms in total. The molecule has 2 N–H and O–H groups in total. The molecule has 2 fully saturated rings. The van der Waals surface area contributed by atoms with Gasteiger partial charge in [0, 0.05) is 62.5 Å². The van der Waals surface area contributed by atoms with E-state index in [1.54, 1.807) is 0 Å². The summed E-state index contributed by atoms with van der Waals surface area (Å²) in [5, 5.41) is 10.2. The Kier molecular flexibility index (Phi) is 39.0. The van der Waals surface area contributed by atoms with Crippen molar-refractivity contribution < 1.29 is 24.9 Å². The minimum Gasteiger partial charge on any atom is -2.00 e. The Labute approximate surface area is 527 Å². The van der Waals surface area contributed by atoms with Crippen LogP contribution in [0.2, 0.25) is 0 Å². The molecule has 0 unspecified atom stereocenters. The fourth-order valence-electron chi connectivity index (χ4n) is 9.59. The molecule has 2 aliphatic rings. The number of hydrogen-bond acceptors (Lipinski definition) is 2. The molecule has 0 aromatic heterocycles. The molecular formula is C72H106Mg2N4O3+2. The second-order valence-electron chi connectivity index (χ2n) is 23.6. The first kappa shape index (κ1) is 76.9. The smallest absolute Gasteiger partial charge is 2.00 e. The van der Waals surface area contributed by atoms with E-state index in [1.165, 1.54) is 81.6 Å². The number of rotatable bonds is 16. The average Bonchev–Trinajstić information content (AvgIpc) is 4.19. The Morgan fingerprint density at radius 2 is 0.543 bits per heavy atom. The van der Waals surface area contributed by atoms with E-state index in [4.69, 9.17) is 20.1 Å². The van der Waals surface area contributed by atoms with Crippen molar-refractivity contribution in [2.24, 2.45) is 0 Å². The zero-order valence-electron chi connectivity index (χ0n) is 54.4. The molecule has 2 aliphatic heterocycles. The first-order chi connectivity index (χ1) is 37.0. The van der Waals surface area contributed by atoms with Crippen LogP contribution in [-0.2, 0) is 14.9 Å². The van der Waals surface area contributed by atoms with Crippen LogP contribution in [0, 0.1) is 0 Å². The number of ether oxygens (including phenoxy) is 2. The molecule has 5 aromatic carbocycles. The van der Waals surface area contributed by atoms with Crippen molar-refractivity contribution in [1.82, 2.24) is 0 Å². The molecule has 0 aliphatic carbocycles. The molecule has 2 heterocycles. The third-order valence-corrected chi connectivity index (χ3v) is 13.8. The summed E-state index contributed by atoms with van der Waals surface area (Å²) in [4.78, 5) is 7.43. The maximum absolute atomic E-state index is 5.10. The molecule has 0 atom stereocenters. The summed E-state index contributed by atoms with van der Waals surface area (Å²) in [6.07, 6.45) is 9.45. The fraction of sp³-hybridized carbons (Fsp3) is 0.500. The third kappa shape index (κ3) is 27.0. The average molecular weight is 1120 g/mol. The van der Waals surface area contributed by atoms with Gasteiger partial charge in [-0.2, -0.15) is 11.4 Å². The van der Waals surface area contributed by atoms with Crippen LogP contribution < -0.4 is 9.98 Å². The van der Waals surface area contributed by atoms with Gasteiger partial charge in [-0.05, 0) is 85.2 Å². The number of allylic oxidation sites excluding steroid dienone is 4. The van der Waals surface area contributed by atoms with E-state index in [0.29, 0.717) is 47.3 Å². The Balaban J connectivity index is 0.00000119. The van der Waals surface area contributed by atoms with Crippen LogP contribution in [-0.4, -0.2) is 84.0 Å². The van der Waals surface area contributed by atoms with Gasteiger partial charge in [-0.1, -0.05) is 256 Å². The number of nitrogens with one attached hydrogen (secondary N) is 2. The molecule has 0 amide bonds. The van der Waals surface area contributed by atoms with E-state index in [1.807, 2.05) is 36.4 Å². The van der Waals surface area contributed by atoms with Gasteiger partial charge >= 0.3 is 46.1 Å². The maximum atomic E-state index is 5.10. The SMILES string of the molecule is C1CCOC1.C1CCOC1.CC(/C=C(/C)[N-]c1c(C(C)C)cccc1C(C)C)=[NH+]c1c(C(C)C)cccc1C(C)C.CC(/C=C(/C)[N-]c1c(C(C)C)cccc1C(C)C)=[NH+]c1c(C(C)C)cccc1C(C)C.[Mg+2].[Mg+2].[O-2].c1ccccc1. The third-order valence-electron chi connectivity index (χ3n) is 13.8. The molecule has 2 saturated heterocycles. The summed E-state index contributed by atoms with van der Waals surface area (Å²) in [6.45, 7) is 48.5. The first-order valence-electron chi connectivity index (χ1n) is 29.7. The number of benzene rings is 5. The normalized spacial score (nSPS) is 13.6. The second-order valence-corrected chi connectivity index (χ2v) is 23.6. The Morgan fingerprint density at radius 3 is 0.716 bits per heavy atom. The standard InChI is InChI=1S/2C29H41N2.C6H6.2C4H8O.2Mg.O/c2*1-18(2)24-13-11-14-25(19(3)4)28(24)30-22(9)17-23(10)31-29-26(20(5)6)15-12-16-27(29)21(7)8;1-2-4-6-5-3-1;2*1-2-4-5-3-1;;;/h2*11-21H,1-10H3;1-6H;2*1-4H2;;;/q2*-1;;;;2*+2;-2/p+2/b2*22-17-,31-23?;;;;;;. The monoisotopic (exact) mass is 1120 g/mol. The van der Waals surface area contributed by atoms with Crippen LogP contribution in [0.5, 0.6) is 0 Å². The molecule has 7 rings (SSSR count). The minimum absolute atomic E-state index is 0. The zero-order chi connectivity index (χ0) is 57.9. The Hall–Kier alpha value is -4.07. The Bertz CT molecular complexity index is 2340. The number of nitrogens with zero attached hydrogens (tertiary/aromatic N) is 2. The fourth-order valence-corrected chi connectivity index (χ4v) is 9.59. The summed E-state index contributed by atoms with van der Waals surface area (Å²) in [5.74, 6) is 3.65. The van der Waals surface area contributed by atoms with E-state index in [0.717, 1.165) is 60.6 Å².